The Hall–Kier alpha value is -0.580. The smallest absolute Gasteiger partial charge is 0.133 e. The molecule has 0 aliphatic heterocycles. The molecule has 1 aromatic carbocycles. The molecule has 0 amide bonds. The van der Waals surface area contributed by atoms with E-state index in [1.54, 1.807) is 7.11 Å². The standard InChI is InChI=1S/C11H16BrNO2/c1-13-6-5-9-8(7-15-2)3-4-10(12)11(9)14/h3-4,13-14H,5-7H2,1-2H3. The van der Waals surface area contributed by atoms with Gasteiger partial charge in [-0.2, -0.15) is 0 Å². The van der Waals surface area contributed by atoms with E-state index in [9.17, 15) is 5.11 Å². The molecule has 84 valence electrons. The Morgan fingerprint density at radius 1 is 1.47 bits per heavy atom. The summed E-state index contributed by atoms with van der Waals surface area (Å²) < 4.78 is 5.83. The normalized spacial score (nSPS) is 10.6. The molecule has 0 saturated carbocycles. The van der Waals surface area contributed by atoms with Crippen molar-refractivity contribution >= 4 is 15.9 Å². The molecule has 0 atom stereocenters. The van der Waals surface area contributed by atoms with E-state index in [0.717, 1.165) is 28.6 Å². The molecule has 0 saturated heterocycles. The van der Waals surface area contributed by atoms with Crippen molar-refractivity contribution in [1.82, 2.24) is 5.32 Å². The van der Waals surface area contributed by atoms with Crippen molar-refractivity contribution in [3.8, 4) is 5.75 Å². The summed E-state index contributed by atoms with van der Waals surface area (Å²) in [6.45, 7) is 1.36. The molecule has 0 radical (unpaired) electrons. The minimum absolute atomic E-state index is 0.319. The SMILES string of the molecule is CNCCc1c(COC)ccc(Br)c1O. The van der Waals surface area contributed by atoms with Crippen LogP contribution in [0.1, 0.15) is 11.1 Å². The highest BCUT2D eigenvalue weighted by Crippen LogP contribution is 2.31. The Kier molecular flexibility index (Phi) is 5.08. The molecular weight excluding hydrogens is 258 g/mol. The van der Waals surface area contributed by atoms with E-state index >= 15 is 0 Å². The number of nitrogens with one attached hydrogen (secondary N) is 1. The zero-order valence-electron chi connectivity index (χ0n) is 9.01. The summed E-state index contributed by atoms with van der Waals surface area (Å²) in [5, 5.41) is 13.0. The Bertz CT molecular complexity index is 329. The second kappa shape index (κ2) is 6.10. The average molecular weight is 274 g/mol. The topological polar surface area (TPSA) is 41.5 Å². The largest absolute Gasteiger partial charge is 0.506 e. The van der Waals surface area contributed by atoms with Crippen molar-refractivity contribution in [1.29, 1.82) is 0 Å². The van der Waals surface area contributed by atoms with Crippen molar-refractivity contribution in [3.05, 3.63) is 27.7 Å². The van der Waals surface area contributed by atoms with Gasteiger partial charge < -0.3 is 15.2 Å². The number of rotatable bonds is 5. The second-order valence-electron chi connectivity index (χ2n) is 3.32. The number of likely N-dealkylation sites (N-methyl/N-ethyl adjacent to an activating group) is 1. The number of halogens is 1. The molecule has 0 unspecified atom stereocenters. The molecule has 0 aliphatic carbocycles. The predicted molar refractivity (Wildman–Crippen MR) is 64.2 cm³/mol. The Morgan fingerprint density at radius 2 is 2.20 bits per heavy atom. The lowest BCUT2D eigenvalue weighted by Gasteiger charge is -2.12. The van der Waals surface area contributed by atoms with Crippen LogP contribution in [0, 0.1) is 0 Å². The van der Waals surface area contributed by atoms with Crippen LogP contribution in [-0.2, 0) is 17.8 Å². The third-order valence-electron chi connectivity index (χ3n) is 2.26. The van der Waals surface area contributed by atoms with Gasteiger partial charge in [0.1, 0.15) is 5.75 Å². The zero-order chi connectivity index (χ0) is 11.3. The summed E-state index contributed by atoms with van der Waals surface area (Å²) in [6.07, 6.45) is 0.792. The quantitative estimate of drug-likeness (QED) is 0.863. The zero-order valence-corrected chi connectivity index (χ0v) is 10.6. The lowest BCUT2D eigenvalue weighted by molar-refractivity contribution is 0.183. The summed E-state index contributed by atoms with van der Waals surface area (Å²) in [5.41, 5.74) is 1.98. The van der Waals surface area contributed by atoms with E-state index in [-0.39, 0.29) is 0 Å². The molecule has 3 nitrogen and oxygen atoms in total. The van der Waals surface area contributed by atoms with E-state index in [1.165, 1.54) is 0 Å². The summed E-state index contributed by atoms with van der Waals surface area (Å²) in [6, 6.07) is 3.81. The molecule has 4 heteroatoms. The van der Waals surface area contributed by atoms with Gasteiger partial charge in [0.05, 0.1) is 11.1 Å². The van der Waals surface area contributed by atoms with Crippen LogP contribution in [-0.4, -0.2) is 25.8 Å². The van der Waals surface area contributed by atoms with Gasteiger partial charge in [-0.3, -0.25) is 0 Å². The molecule has 2 N–H and O–H groups in total. The maximum absolute atomic E-state index is 9.90. The molecule has 0 bridgehead atoms. The summed E-state index contributed by atoms with van der Waals surface area (Å²) >= 11 is 3.31. The fourth-order valence-electron chi connectivity index (χ4n) is 1.47. The second-order valence-corrected chi connectivity index (χ2v) is 4.17. The number of methoxy groups -OCH3 is 1. The van der Waals surface area contributed by atoms with E-state index in [2.05, 4.69) is 21.2 Å². The maximum atomic E-state index is 9.90. The van der Waals surface area contributed by atoms with Crippen LogP contribution in [0.15, 0.2) is 16.6 Å². The number of hydrogen-bond donors (Lipinski definition) is 2. The molecule has 0 spiro atoms. The van der Waals surface area contributed by atoms with Crippen LogP contribution < -0.4 is 5.32 Å². The van der Waals surface area contributed by atoms with Crippen molar-refractivity contribution in [3.63, 3.8) is 0 Å². The minimum Gasteiger partial charge on any atom is -0.506 e. The number of aromatic hydroxyl groups is 1. The van der Waals surface area contributed by atoms with Crippen LogP contribution in [0.3, 0.4) is 0 Å². The summed E-state index contributed by atoms with van der Waals surface area (Å²) in [7, 11) is 3.55. The minimum atomic E-state index is 0.319. The van der Waals surface area contributed by atoms with Gasteiger partial charge in [-0.15, -0.1) is 0 Å². The Labute approximate surface area is 98.6 Å². The fraction of sp³-hybridized carbons (Fsp3) is 0.455. The van der Waals surface area contributed by atoms with Crippen LogP contribution in [0.4, 0.5) is 0 Å². The third-order valence-corrected chi connectivity index (χ3v) is 2.90. The first kappa shape index (κ1) is 12.5. The lowest BCUT2D eigenvalue weighted by atomic mass is 10.0. The van der Waals surface area contributed by atoms with Gasteiger partial charge in [0.2, 0.25) is 0 Å². The van der Waals surface area contributed by atoms with Crippen molar-refractivity contribution < 1.29 is 9.84 Å². The van der Waals surface area contributed by atoms with Crippen LogP contribution in [0.5, 0.6) is 5.75 Å². The van der Waals surface area contributed by atoms with Gasteiger partial charge in [0.15, 0.2) is 0 Å². The lowest BCUT2D eigenvalue weighted by Crippen LogP contribution is -2.12. The molecular formula is C11H16BrNO2. The predicted octanol–water partition coefficient (Wildman–Crippen LogP) is 2.06. The molecule has 0 heterocycles. The monoisotopic (exact) mass is 273 g/mol. The van der Waals surface area contributed by atoms with Crippen LogP contribution in [0.2, 0.25) is 0 Å². The van der Waals surface area contributed by atoms with Gasteiger partial charge >= 0.3 is 0 Å². The Balaban J connectivity index is 2.99. The summed E-state index contributed by atoms with van der Waals surface area (Å²) in [5.74, 6) is 0.319. The van der Waals surface area contributed by atoms with Gasteiger partial charge in [0.25, 0.3) is 0 Å². The van der Waals surface area contributed by atoms with Crippen molar-refractivity contribution in [2.45, 2.75) is 13.0 Å². The Morgan fingerprint density at radius 3 is 2.80 bits per heavy atom. The number of ether oxygens (including phenoxy) is 1. The maximum Gasteiger partial charge on any atom is 0.133 e. The van der Waals surface area contributed by atoms with Gasteiger partial charge in [-0.25, -0.2) is 0 Å². The van der Waals surface area contributed by atoms with E-state index < -0.39 is 0 Å². The first-order valence-electron chi connectivity index (χ1n) is 4.83. The first-order chi connectivity index (χ1) is 7.20. The number of phenolic OH excluding ortho intramolecular Hbond substituents is 1. The van der Waals surface area contributed by atoms with Gasteiger partial charge in [-0.05, 0) is 47.6 Å². The average Bonchev–Trinajstić information content (AvgIpc) is 2.23. The molecule has 0 aromatic heterocycles. The molecule has 0 aliphatic rings. The third kappa shape index (κ3) is 3.19. The molecule has 1 rings (SSSR count). The van der Waals surface area contributed by atoms with E-state index in [4.69, 9.17) is 4.74 Å². The highest BCUT2D eigenvalue weighted by Gasteiger charge is 2.10. The van der Waals surface area contributed by atoms with Crippen molar-refractivity contribution in [2.24, 2.45) is 0 Å². The highest BCUT2D eigenvalue weighted by molar-refractivity contribution is 9.10. The van der Waals surface area contributed by atoms with E-state index in [0.29, 0.717) is 12.4 Å². The number of phenols is 1. The van der Waals surface area contributed by atoms with Gasteiger partial charge in [-0.1, -0.05) is 6.07 Å². The fourth-order valence-corrected chi connectivity index (χ4v) is 1.84. The molecule has 15 heavy (non-hydrogen) atoms. The van der Waals surface area contributed by atoms with Crippen LogP contribution >= 0.6 is 15.9 Å². The first-order valence-corrected chi connectivity index (χ1v) is 5.62. The highest BCUT2D eigenvalue weighted by atomic mass is 79.9. The molecule has 0 fully saturated rings. The van der Waals surface area contributed by atoms with Gasteiger partial charge in [0, 0.05) is 12.7 Å². The molecule has 1 aromatic rings. The number of hydrogen-bond acceptors (Lipinski definition) is 3. The van der Waals surface area contributed by atoms with Crippen molar-refractivity contribution in [2.75, 3.05) is 20.7 Å². The van der Waals surface area contributed by atoms with Crippen LogP contribution in [0.25, 0.3) is 0 Å². The summed E-state index contributed by atoms with van der Waals surface area (Å²) in [4.78, 5) is 0. The van der Waals surface area contributed by atoms with E-state index in [1.807, 2.05) is 19.2 Å². The number of benzene rings is 1.